The average Bonchev–Trinajstić information content (AvgIpc) is 3.44. The lowest BCUT2D eigenvalue weighted by Gasteiger charge is -2.40. The second-order valence-electron chi connectivity index (χ2n) is 22.0. The second-order valence-corrected chi connectivity index (χ2v) is 22.0. The third kappa shape index (κ3) is 44.7. The van der Waals surface area contributed by atoms with Crippen LogP contribution in [0.5, 0.6) is 0 Å². The molecule has 0 spiro atoms. The predicted molar refractivity (Wildman–Crippen MR) is 322 cm³/mol. The maximum Gasteiger partial charge on any atom is 0.335 e. The quantitative estimate of drug-likeness (QED) is 0.0228. The molecule has 0 aliphatic carbocycles. The van der Waals surface area contributed by atoms with Crippen molar-refractivity contribution in [3.05, 3.63) is 60.8 Å². The zero-order valence-corrected chi connectivity index (χ0v) is 50.4. The molecule has 456 valence electrons. The van der Waals surface area contributed by atoms with Crippen molar-refractivity contribution < 1.29 is 58.2 Å². The van der Waals surface area contributed by atoms with Crippen LogP contribution < -0.4 is 0 Å². The average molecular weight is 1110 g/mol. The topological polar surface area (TPSA) is 175 Å². The van der Waals surface area contributed by atoms with E-state index in [1.165, 1.54) is 109 Å². The summed E-state index contributed by atoms with van der Waals surface area (Å²) >= 11 is 0. The van der Waals surface area contributed by atoms with Gasteiger partial charge in [0.25, 0.3) is 0 Å². The van der Waals surface area contributed by atoms with Crippen LogP contribution >= 0.6 is 0 Å². The summed E-state index contributed by atoms with van der Waals surface area (Å²) in [5, 5.41) is 31.5. The number of rotatable bonds is 55. The van der Waals surface area contributed by atoms with Gasteiger partial charge in [-0.3, -0.25) is 14.4 Å². The highest BCUT2D eigenvalue weighted by molar-refractivity contribution is 5.74. The molecule has 0 aromatic rings. The molecular weight excluding hydrogens is 997 g/mol. The lowest BCUT2D eigenvalue weighted by molar-refractivity contribution is -0.301. The molecule has 1 fully saturated rings. The Morgan fingerprint density at radius 2 is 0.797 bits per heavy atom. The van der Waals surface area contributed by atoms with Crippen molar-refractivity contribution >= 4 is 23.9 Å². The van der Waals surface area contributed by atoms with Crippen LogP contribution in [0.2, 0.25) is 0 Å². The Morgan fingerprint density at radius 1 is 0.430 bits per heavy atom. The SMILES string of the molecule is CC/C=C\C/C=C\C/C=C\C/C=C\CCCCCCCCC(=O)OCC(COC1OC(C(=O)O)C(O)C(O)C1OC(=O)CCCCCCCCCCCCCCC)OC(=O)CCCCCCCCC/C=C\CCCCCCCC. The van der Waals surface area contributed by atoms with Crippen molar-refractivity contribution in [1.82, 2.24) is 0 Å². The number of esters is 3. The number of aliphatic hydroxyl groups is 2. The van der Waals surface area contributed by atoms with Gasteiger partial charge in [0.1, 0.15) is 18.8 Å². The fourth-order valence-electron chi connectivity index (χ4n) is 9.65. The van der Waals surface area contributed by atoms with Gasteiger partial charge in [0, 0.05) is 19.3 Å². The molecular formula is C67H116O12. The van der Waals surface area contributed by atoms with Gasteiger partial charge in [-0.05, 0) is 83.5 Å². The van der Waals surface area contributed by atoms with Gasteiger partial charge in [0.15, 0.2) is 24.6 Å². The van der Waals surface area contributed by atoms with Gasteiger partial charge in [-0.1, -0.05) is 248 Å². The van der Waals surface area contributed by atoms with Crippen LogP contribution in [0.15, 0.2) is 60.8 Å². The van der Waals surface area contributed by atoms with Crippen LogP contribution in [-0.4, -0.2) is 89.2 Å². The Morgan fingerprint density at radius 3 is 1.23 bits per heavy atom. The highest BCUT2D eigenvalue weighted by Crippen LogP contribution is 2.27. The standard InChI is InChI=1S/C67H116O12/c1-4-7-10-13-16-19-22-25-27-29-30-32-33-36-38-41-44-47-50-53-59(68)75-56-58(77-60(69)54-51-48-45-42-40-37-34-31-28-26-23-20-17-14-11-8-5-2)57-76-67-65(63(72)62(71)64(79-67)66(73)74)78-61(70)55-52-49-46-43-39-35-24-21-18-15-12-9-6-3/h7,10,16,19,25-28,30,32,58,62-65,67,71-72H,4-6,8-9,11-15,17-18,20-24,29,31,33-57H2,1-3H3,(H,73,74)/b10-7-,19-16-,27-25-,28-26-,32-30-. The zero-order chi connectivity index (χ0) is 57.5. The largest absolute Gasteiger partial charge is 0.479 e. The molecule has 0 aromatic carbocycles. The highest BCUT2D eigenvalue weighted by Gasteiger charge is 2.50. The molecule has 0 amide bonds. The lowest BCUT2D eigenvalue weighted by Crippen LogP contribution is -2.61. The minimum atomic E-state index is -1.90. The van der Waals surface area contributed by atoms with Crippen molar-refractivity contribution in [2.24, 2.45) is 0 Å². The molecule has 12 nitrogen and oxygen atoms in total. The van der Waals surface area contributed by atoms with Crippen LogP contribution in [0, 0.1) is 0 Å². The number of aliphatic carboxylic acids is 1. The molecule has 0 radical (unpaired) electrons. The Hall–Kier alpha value is -3.58. The molecule has 79 heavy (non-hydrogen) atoms. The summed E-state index contributed by atoms with van der Waals surface area (Å²) in [5.74, 6) is -3.12. The number of aliphatic hydroxyl groups excluding tert-OH is 2. The number of carboxylic acids is 1. The number of hydrogen-bond donors (Lipinski definition) is 3. The van der Waals surface area contributed by atoms with E-state index >= 15 is 0 Å². The molecule has 12 heteroatoms. The van der Waals surface area contributed by atoms with Crippen molar-refractivity contribution in [1.29, 1.82) is 0 Å². The molecule has 0 bridgehead atoms. The van der Waals surface area contributed by atoms with E-state index in [9.17, 15) is 34.5 Å². The third-order valence-electron chi connectivity index (χ3n) is 14.6. The van der Waals surface area contributed by atoms with E-state index in [1.54, 1.807) is 0 Å². The van der Waals surface area contributed by atoms with Gasteiger partial charge in [0.05, 0.1) is 6.61 Å². The van der Waals surface area contributed by atoms with Gasteiger partial charge in [-0.25, -0.2) is 4.79 Å². The van der Waals surface area contributed by atoms with E-state index in [1.807, 2.05) is 0 Å². The summed E-state index contributed by atoms with van der Waals surface area (Å²) in [6.07, 6.45) is 56.1. The van der Waals surface area contributed by atoms with E-state index < -0.39 is 67.3 Å². The molecule has 1 rings (SSSR count). The first-order valence-corrected chi connectivity index (χ1v) is 32.3. The molecule has 1 heterocycles. The van der Waals surface area contributed by atoms with Gasteiger partial charge in [-0.15, -0.1) is 0 Å². The van der Waals surface area contributed by atoms with Crippen molar-refractivity contribution in [2.75, 3.05) is 13.2 Å². The number of ether oxygens (including phenoxy) is 5. The summed E-state index contributed by atoms with van der Waals surface area (Å²) in [4.78, 5) is 51.3. The Kier molecular flexibility index (Phi) is 51.1. The normalized spacial score (nSPS) is 18.2. The first-order valence-electron chi connectivity index (χ1n) is 32.3. The lowest BCUT2D eigenvalue weighted by atomic mass is 9.98. The van der Waals surface area contributed by atoms with Crippen LogP contribution in [0.1, 0.15) is 290 Å². The van der Waals surface area contributed by atoms with Gasteiger partial charge in [-0.2, -0.15) is 0 Å². The van der Waals surface area contributed by atoms with Crippen LogP contribution in [0.4, 0.5) is 0 Å². The highest BCUT2D eigenvalue weighted by atomic mass is 16.7. The van der Waals surface area contributed by atoms with Crippen LogP contribution in [0.3, 0.4) is 0 Å². The van der Waals surface area contributed by atoms with Crippen molar-refractivity contribution in [3.8, 4) is 0 Å². The smallest absolute Gasteiger partial charge is 0.335 e. The summed E-state index contributed by atoms with van der Waals surface area (Å²) in [7, 11) is 0. The summed E-state index contributed by atoms with van der Waals surface area (Å²) in [5.41, 5.74) is 0. The number of carbonyl (C=O) groups excluding carboxylic acids is 3. The summed E-state index contributed by atoms with van der Waals surface area (Å²) in [6.45, 7) is 5.89. The maximum atomic E-state index is 13.2. The van der Waals surface area contributed by atoms with E-state index in [0.29, 0.717) is 19.3 Å². The fourth-order valence-corrected chi connectivity index (χ4v) is 9.65. The maximum absolute atomic E-state index is 13.2. The molecule has 0 saturated carbocycles. The molecule has 3 N–H and O–H groups in total. The minimum absolute atomic E-state index is 0.0615. The number of unbranched alkanes of at least 4 members (excludes halogenated alkanes) is 31. The molecule has 0 aromatic heterocycles. The molecule has 6 atom stereocenters. The molecule has 1 aliphatic heterocycles. The van der Waals surface area contributed by atoms with Gasteiger partial charge in [0.2, 0.25) is 0 Å². The second kappa shape index (κ2) is 55.0. The monoisotopic (exact) mass is 1110 g/mol. The summed E-state index contributed by atoms with van der Waals surface area (Å²) < 4.78 is 28.5. The van der Waals surface area contributed by atoms with E-state index in [0.717, 1.165) is 122 Å². The Balaban J connectivity index is 2.67. The zero-order valence-electron chi connectivity index (χ0n) is 50.4. The minimum Gasteiger partial charge on any atom is -0.479 e. The third-order valence-corrected chi connectivity index (χ3v) is 14.6. The van der Waals surface area contributed by atoms with Gasteiger partial charge < -0.3 is 39.0 Å². The van der Waals surface area contributed by atoms with E-state index in [2.05, 4.69) is 81.5 Å². The predicted octanol–water partition coefficient (Wildman–Crippen LogP) is 17.1. The van der Waals surface area contributed by atoms with Crippen molar-refractivity contribution in [3.63, 3.8) is 0 Å². The van der Waals surface area contributed by atoms with E-state index in [-0.39, 0.29) is 25.9 Å². The van der Waals surface area contributed by atoms with Gasteiger partial charge >= 0.3 is 23.9 Å². The summed E-state index contributed by atoms with van der Waals surface area (Å²) in [6, 6.07) is 0. The number of carbonyl (C=O) groups is 4. The number of allylic oxidation sites excluding steroid dienone is 10. The Labute approximate surface area is 481 Å². The molecule has 1 saturated heterocycles. The fraction of sp³-hybridized carbons (Fsp3) is 0.791. The van der Waals surface area contributed by atoms with Crippen LogP contribution in [0.25, 0.3) is 0 Å². The van der Waals surface area contributed by atoms with Crippen LogP contribution in [-0.2, 0) is 42.9 Å². The Bertz CT molecular complexity index is 1600. The van der Waals surface area contributed by atoms with Crippen molar-refractivity contribution in [2.45, 2.75) is 327 Å². The number of carboxylic acid groups (broad SMARTS) is 1. The number of hydrogen-bond acceptors (Lipinski definition) is 11. The molecule has 6 unspecified atom stereocenters. The first-order chi connectivity index (χ1) is 38.6. The molecule has 1 aliphatic rings. The van der Waals surface area contributed by atoms with E-state index in [4.69, 9.17) is 23.7 Å². The first kappa shape index (κ1) is 73.4.